The van der Waals surface area contributed by atoms with E-state index in [0.29, 0.717) is 11.5 Å². The van der Waals surface area contributed by atoms with Crippen molar-refractivity contribution in [2.45, 2.75) is 6.54 Å². The summed E-state index contributed by atoms with van der Waals surface area (Å²) in [6, 6.07) is 12.5. The average molecular weight is 461 g/mol. The first kappa shape index (κ1) is 22.4. The number of imidazole rings is 1. The van der Waals surface area contributed by atoms with Crippen LogP contribution in [0.4, 0.5) is 5.82 Å². The predicted molar refractivity (Wildman–Crippen MR) is 120 cm³/mol. The third-order valence-corrected chi connectivity index (χ3v) is 4.98. The van der Waals surface area contributed by atoms with E-state index in [1.165, 1.54) is 49.4 Å². The van der Waals surface area contributed by atoms with Crippen molar-refractivity contribution in [3.05, 3.63) is 72.3 Å². The highest BCUT2D eigenvalue weighted by Gasteiger charge is 2.30. The number of carbonyl (C=O) groups is 3. The van der Waals surface area contributed by atoms with Crippen LogP contribution < -0.4 is 14.4 Å². The van der Waals surface area contributed by atoms with Crippen molar-refractivity contribution in [3.63, 3.8) is 0 Å². The van der Waals surface area contributed by atoms with Gasteiger partial charge in [-0.05, 0) is 48.5 Å². The maximum atomic E-state index is 13.6. The van der Waals surface area contributed by atoms with E-state index in [1.807, 2.05) is 0 Å². The highest BCUT2D eigenvalue weighted by atomic mass is 16.5. The zero-order valence-corrected chi connectivity index (χ0v) is 18.2. The van der Waals surface area contributed by atoms with Gasteiger partial charge in [-0.25, -0.2) is 19.9 Å². The van der Waals surface area contributed by atoms with Gasteiger partial charge in [0.05, 0.1) is 20.5 Å². The highest BCUT2D eigenvalue weighted by molar-refractivity contribution is 6.27. The van der Waals surface area contributed by atoms with E-state index in [4.69, 9.17) is 14.6 Å². The van der Waals surface area contributed by atoms with Crippen LogP contribution >= 0.6 is 0 Å². The van der Waals surface area contributed by atoms with Crippen LogP contribution in [-0.2, 0) is 11.3 Å². The lowest BCUT2D eigenvalue weighted by Crippen LogP contribution is -2.38. The standard InChI is InChI=1S/C23H19N5O6/c1-33-16-7-3-14(4-8-16)22(31)28(23(32)15-5-9-17(34-2)10-6-15)21-19-20(24-12-25-21)27(13-26-19)11-18(29)30/h3-10,12-13H,11H2,1-2H3,(H,29,30). The Balaban J connectivity index is 1.84. The van der Waals surface area contributed by atoms with Gasteiger partial charge in [0.15, 0.2) is 17.0 Å². The van der Waals surface area contributed by atoms with Crippen molar-refractivity contribution < 1.29 is 29.0 Å². The monoisotopic (exact) mass is 461 g/mol. The van der Waals surface area contributed by atoms with Gasteiger partial charge < -0.3 is 19.1 Å². The Morgan fingerprint density at radius 2 is 1.38 bits per heavy atom. The number of benzene rings is 2. The van der Waals surface area contributed by atoms with Gasteiger partial charge in [0.2, 0.25) is 0 Å². The molecule has 0 saturated heterocycles. The van der Waals surface area contributed by atoms with E-state index in [0.717, 1.165) is 11.2 Å². The summed E-state index contributed by atoms with van der Waals surface area (Å²) in [4.78, 5) is 51.6. The lowest BCUT2D eigenvalue weighted by Gasteiger charge is -2.20. The van der Waals surface area contributed by atoms with E-state index >= 15 is 0 Å². The SMILES string of the molecule is COc1ccc(C(=O)N(C(=O)c2ccc(OC)cc2)c2ncnc3c2ncn3CC(=O)O)cc1. The van der Waals surface area contributed by atoms with Crippen LogP contribution in [0.5, 0.6) is 11.5 Å². The largest absolute Gasteiger partial charge is 0.497 e. The minimum absolute atomic E-state index is 0.0734. The number of ether oxygens (including phenoxy) is 2. The fourth-order valence-electron chi connectivity index (χ4n) is 3.30. The number of anilines is 1. The number of amides is 2. The number of aliphatic carboxylic acids is 1. The molecule has 11 heteroatoms. The molecule has 34 heavy (non-hydrogen) atoms. The molecular weight excluding hydrogens is 442 g/mol. The first-order valence-electron chi connectivity index (χ1n) is 9.97. The molecule has 0 spiro atoms. The van der Waals surface area contributed by atoms with E-state index in [9.17, 15) is 14.4 Å². The number of rotatable bonds is 7. The number of nitrogens with zero attached hydrogens (tertiary/aromatic N) is 5. The maximum absolute atomic E-state index is 13.6. The Bertz CT molecular complexity index is 1310. The third-order valence-electron chi connectivity index (χ3n) is 4.98. The quantitative estimate of drug-likeness (QED) is 0.411. The number of aromatic nitrogens is 4. The normalized spacial score (nSPS) is 10.6. The maximum Gasteiger partial charge on any atom is 0.323 e. The van der Waals surface area contributed by atoms with Crippen LogP contribution in [0.25, 0.3) is 11.2 Å². The molecule has 0 aliphatic heterocycles. The number of hydrogen-bond donors (Lipinski definition) is 1. The Hall–Kier alpha value is -4.80. The van der Waals surface area contributed by atoms with Crippen LogP contribution in [0, 0.1) is 0 Å². The van der Waals surface area contributed by atoms with Gasteiger partial charge in [0.1, 0.15) is 24.4 Å². The van der Waals surface area contributed by atoms with Crippen molar-refractivity contribution in [3.8, 4) is 11.5 Å². The van der Waals surface area contributed by atoms with E-state index in [1.54, 1.807) is 24.3 Å². The predicted octanol–water partition coefficient (Wildman–Crippen LogP) is 2.42. The third kappa shape index (κ3) is 4.26. The Kier molecular flexibility index (Phi) is 6.17. The van der Waals surface area contributed by atoms with Crippen molar-refractivity contribution in [1.29, 1.82) is 0 Å². The van der Waals surface area contributed by atoms with E-state index in [-0.39, 0.29) is 28.1 Å². The van der Waals surface area contributed by atoms with Crippen molar-refractivity contribution in [2.24, 2.45) is 0 Å². The molecule has 0 bridgehead atoms. The topological polar surface area (TPSA) is 137 Å². The zero-order valence-electron chi connectivity index (χ0n) is 18.2. The summed E-state index contributed by atoms with van der Waals surface area (Å²) < 4.78 is 11.6. The molecule has 172 valence electrons. The van der Waals surface area contributed by atoms with E-state index in [2.05, 4.69) is 15.0 Å². The molecular formula is C23H19N5O6. The van der Waals surface area contributed by atoms with Crippen LogP contribution in [0.2, 0.25) is 0 Å². The van der Waals surface area contributed by atoms with Gasteiger partial charge in [-0.2, -0.15) is 0 Å². The smallest absolute Gasteiger partial charge is 0.323 e. The first-order valence-corrected chi connectivity index (χ1v) is 9.97. The first-order chi connectivity index (χ1) is 16.4. The van der Waals surface area contributed by atoms with E-state index < -0.39 is 24.3 Å². The van der Waals surface area contributed by atoms with Crippen LogP contribution in [0.15, 0.2) is 61.2 Å². The Morgan fingerprint density at radius 3 is 1.85 bits per heavy atom. The summed E-state index contributed by atoms with van der Waals surface area (Å²) in [7, 11) is 3.00. The van der Waals surface area contributed by atoms with Crippen molar-refractivity contribution >= 4 is 34.8 Å². The molecule has 0 fully saturated rings. The minimum atomic E-state index is -1.10. The molecule has 4 rings (SSSR count). The number of methoxy groups -OCH3 is 2. The summed E-state index contributed by atoms with van der Waals surface area (Å²) in [6.45, 7) is -0.397. The molecule has 0 atom stereocenters. The number of fused-ring (bicyclic) bond motifs is 1. The number of imide groups is 1. The Labute approximate surface area is 193 Å². The lowest BCUT2D eigenvalue weighted by molar-refractivity contribution is -0.137. The molecule has 0 aliphatic carbocycles. The lowest BCUT2D eigenvalue weighted by atomic mass is 10.1. The van der Waals surface area contributed by atoms with Crippen LogP contribution in [0.3, 0.4) is 0 Å². The highest BCUT2D eigenvalue weighted by Crippen LogP contribution is 2.26. The van der Waals surface area contributed by atoms with Crippen molar-refractivity contribution in [2.75, 3.05) is 19.1 Å². The summed E-state index contributed by atoms with van der Waals surface area (Å²) in [5.41, 5.74) is 0.689. The van der Waals surface area contributed by atoms with Crippen LogP contribution in [0.1, 0.15) is 20.7 Å². The number of hydrogen-bond acceptors (Lipinski definition) is 8. The molecule has 2 heterocycles. The van der Waals surface area contributed by atoms with Gasteiger partial charge in [0, 0.05) is 11.1 Å². The van der Waals surface area contributed by atoms with Gasteiger partial charge >= 0.3 is 5.97 Å². The van der Waals surface area contributed by atoms with Gasteiger partial charge in [-0.15, -0.1) is 0 Å². The second-order valence-corrected chi connectivity index (χ2v) is 7.04. The van der Waals surface area contributed by atoms with Gasteiger partial charge in [-0.3, -0.25) is 14.4 Å². The molecule has 1 N–H and O–H groups in total. The molecule has 2 amide bonds. The second kappa shape index (κ2) is 9.36. The number of carboxylic acids is 1. The molecule has 0 aliphatic rings. The minimum Gasteiger partial charge on any atom is -0.497 e. The molecule has 0 radical (unpaired) electrons. The molecule has 0 unspecified atom stereocenters. The fourth-order valence-corrected chi connectivity index (χ4v) is 3.30. The molecule has 2 aromatic heterocycles. The summed E-state index contributed by atoms with van der Waals surface area (Å²) >= 11 is 0. The van der Waals surface area contributed by atoms with Gasteiger partial charge in [-0.1, -0.05) is 0 Å². The summed E-state index contributed by atoms with van der Waals surface area (Å²) in [5.74, 6) is -1.40. The summed E-state index contributed by atoms with van der Waals surface area (Å²) in [5, 5.41) is 9.15. The molecule has 0 saturated carbocycles. The van der Waals surface area contributed by atoms with Crippen molar-refractivity contribution in [1.82, 2.24) is 19.5 Å². The van der Waals surface area contributed by atoms with Crippen LogP contribution in [-0.4, -0.2) is 56.6 Å². The fraction of sp³-hybridized carbons (Fsp3) is 0.130. The van der Waals surface area contributed by atoms with Gasteiger partial charge in [0.25, 0.3) is 11.8 Å². The number of carbonyl (C=O) groups excluding carboxylic acids is 2. The summed E-state index contributed by atoms with van der Waals surface area (Å²) in [6.07, 6.45) is 2.41. The second-order valence-electron chi connectivity index (χ2n) is 7.04. The molecule has 2 aromatic carbocycles. The Morgan fingerprint density at radius 1 is 0.853 bits per heavy atom. The zero-order chi connectivity index (χ0) is 24.2. The molecule has 4 aromatic rings. The number of carboxylic acid groups (broad SMARTS) is 1. The average Bonchev–Trinajstić information content (AvgIpc) is 3.27. The molecule has 11 nitrogen and oxygen atoms in total.